The standard InChI is InChI=1S/C9H15N3O2/c1-3-7(10)9-11-6(5-14-2)4-8(13)12-9/h4,7H,3,5,10H2,1-2H3,(H,11,12,13). The number of ether oxygens (including phenoxy) is 1. The average Bonchev–Trinajstić information content (AvgIpc) is 2.16. The zero-order valence-corrected chi connectivity index (χ0v) is 8.41. The highest BCUT2D eigenvalue weighted by atomic mass is 16.5. The normalized spacial score (nSPS) is 12.8. The third-order valence-corrected chi connectivity index (χ3v) is 1.90. The maximum absolute atomic E-state index is 11.2. The van der Waals surface area contributed by atoms with Crippen molar-refractivity contribution in [3.8, 4) is 0 Å². The molecule has 1 aromatic rings. The number of nitrogens with zero attached hydrogens (tertiary/aromatic N) is 1. The van der Waals surface area contributed by atoms with Crippen LogP contribution in [0, 0.1) is 0 Å². The first-order valence-electron chi connectivity index (χ1n) is 4.52. The fourth-order valence-corrected chi connectivity index (χ4v) is 1.12. The highest BCUT2D eigenvalue weighted by Gasteiger charge is 2.07. The van der Waals surface area contributed by atoms with Crippen molar-refractivity contribution in [3.63, 3.8) is 0 Å². The van der Waals surface area contributed by atoms with Gasteiger partial charge < -0.3 is 15.5 Å². The minimum Gasteiger partial charge on any atom is -0.378 e. The quantitative estimate of drug-likeness (QED) is 0.728. The van der Waals surface area contributed by atoms with E-state index in [1.807, 2.05) is 6.92 Å². The van der Waals surface area contributed by atoms with Crippen LogP contribution in [0.4, 0.5) is 0 Å². The van der Waals surface area contributed by atoms with Crippen LogP contribution in [0.1, 0.15) is 30.9 Å². The van der Waals surface area contributed by atoms with Crippen LogP contribution in [0.2, 0.25) is 0 Å². The van der Waals surface area contributed by atoms with Gasteiger partial charge in [-0.15, -0.1) is 0 Å². The minimum absolute atomic E-state index is 0.189. The van der Waals surface area contributed by atoms with Crippen molar-refractivity contribution >= 4 is 0 Å². The first-order valence-corrected chi connectivity index (χ1v) is 4.52. The molecule has 0 aromatic carbocycles. The van der Waals surface area contributed by atoms with Crippen molar-refractivity contribution in [1.82, 2.24) is 9.97 Å². The second kappa shape index (κ2) is 4.88. The van der Waals surface area contributed by atoms with E-state index >= 15 is 0 Å². The molecule has 0 bridgehead atoms. The van der Waals surface area contributed by atoms with Crippen LogP contribution in [0.15, 0.2) is 10.9 Å². The van der Waals surface area contributed by atoms with E-state index in [-0.39, 0.29) is 11.6 Å². The molecule has 14 heavy (non-hydrogen) atoms. The molecule has 0 saturated carbocycles. The molecule has 5 heteroatoms. The highest BCUT2D eigenvalue weighted by Crippen LogP contribution is 2.06. The van der Waals surface area contributed by atoms with Gasteiger partial charge in [-0.3, -0.25) is 4.79 Å². The Kier molecular flexibility index (Phi) is 3.79. The second-order valence-electron chi connectivity index (χ2n) is 3.07. The Labute approximate surface area is 82.3 Å². The molecule has 0 saturated heterocycles. The summed E-state index contributed by atoms with van der Waals surface area (Å²) < 4.78 is 4.90. The molecule has 3 N–H and O–H groups in total. The predicted octanol–water partition coefficient (Wildman–Crippen LogP) is 0.326. The Balaban J connectivity index is 3.00. The van der Waals surface area contributed by atoms with E-state index in [0.717, 1.165) is 6.42 Å². The first-order chi connectivity index (χ1) is 6.67. The van der Waals surface area contributed by atoms with Gasteiger partial charge in [-0.25, -0.2) is 4.98 Å². The number of aromatic amines is 1. The summed E-state index contributed by atoms with van der Waals surface area (Å²) in [5.74, 6) is 0.520. The summed E-state index contributed by atoms with van der Waals surface area (Å²) in [4.78, 5) is 18.0. The monoisotopic (exact) mass is 197 g/mol. The summed E-state index contributed by atoms with van der Waals surface area (Å²) in [5, 5.41) is 0. The molecular formula is C9H15N3O2. The Hall–Kier alpha value is -1.20. The van der Waals surface area contributed by atoms with E-state index in [1.165, 1.54) is 6.07 Å². The molecule has 1 heterocycles. The van der Waals surface area contributed by atoms with E-state index in [0.29, 0.717) is 18.1 Å². The van der Waals surface area contributed by atoms with Gasteiger partial charge in [0.25, 0.3) is 5.56 Å². The molecule has 0 aliphatic rings. The van der Waals surface area contributed by atoms with Crippen molar-refractivity contribution < 1.29 is 4.74 Å². The van der Waals surface area contributed by atoms with Crippen molar-refractivity contribution in [2.45, 2.75) is 26.0 Å². The van der Waals surface area contributed by atoms with Crippen molar-refractivity contribution in [2.24, 2.45) is 5.73 Å². The van der Waals surface area contributed by atoms with Crippen LogP contribution in [-0.4, -0.2) is 17.1 Å². The van der Waals surface area contributed by atoms with Crippen LogP contribution in [0.3, 0.4) is 0 Å². The summed E-state index contributed by atoms with van der Waals surface area (Å²) in [7, 11) is 1.56. The van der Waals surface area contributed by atoms with E-state index in [4.69, 9.17) is 10.5 Å². The molecular weight excluding hydrogens is 182 g/mol. The predicted molar refractivity (Wildman–Crippen MR) is 52.8 cm³/mol. The highest BCUT2D eigenvalue weighted by molar-refractivity contribution is 5.04. The van der Waals surface area contributed by atoms with E-state index in [1.54, 1.807) is 7.11 Å². The number of rotatable bonds is 4. The molecule has 0 aliphatic heterocycles. The second-order valence-corrected chi connectivity index (χ2v) is 3.07. The number of nitrogens with one attached hydrogen (secondary N) is 1. The third kappa shape index (κ3) is 2.65. The first kappa shape index (κ1) is 10.9. The largest absolute Gasteiger partial charge is 0.378 e. The Morgan fingerprint density at radius 1 is 1.71 bits per heavy atom. The summed E-state index contributed by atoms with van der Waals surface area (Å²) in [6.45, 7) is 2.26. The molecule has 0 amide bonds. The van der Waals surface area contributed by atoms with Gasteiger partial charge in [0.2, 0.25) is 0 Å². The average molecular weight is 197 g/mol. The lowest BCUT2D eigenvalue weighted by atomic mass is 10.2. The number of H-pyrrole nitrogens is 1. The maximum atomic E-state index is 11.2. The lowest BCUT2D eigenvalue weighted by molar-refractivity contribution is 0.181. The number of aromatic nitrogens is 2. The van der Waals surface area contributed by atoms with E-state index < -0.39 is 0 Å². The molecule has 0 aliphatic carbocycles. The molecule has 1 rings (SSSR count). The van der Waals surface area contributed by atoms with Crippen LogP contribution >= 0.6 is 0 Å². The SMILES string of the molecule is CCC(N)c1nc(COC)cc(=O)[nH]1. The minimum atomic E-state index is -0.223. The summed E-state index contributed by atoms with van der Waals surface area (Å²) >= 11 is 0. The summed E-state index contributed by atoms with van der Waals surface area (Å²) in [5.41, 5.74) is 6.17. The van der Waals surface area contributed by atoms with Gasteiger partial charge in [0.1, 0.15) is 5.82 Å². The van der Waals surface area contributed by atoms with Crippen molar-refractivity contribution in [1.29, 1.82) is 0 Å². The van der Waals surface area contributed by atoms with Crippen molar-refractivity contribution in [2.75, 3.05) is 7.11 Å². The number of nitrogens with two attached hydrogens (primary N) is 1. The molecule has 0 fully saturated rings. The van der Waals surface area contributed by atoms with Crippen LogP contribution in [0.5, 0.6) is 0 Å². The van der Waals surface area contributed by atoms with Gasteiger partial charge in [0.05, 0.1) is 18.3 Å². The molecule has 5 nitrogen and oxygen atoms in total. The number of hydrogen-bond acceptors (Lipinski definition) is 4. The maximum Gasteiger partial charge on any atom is 0.251 e. The zero-order valence-electron chi connectivity index (χ0n) is 8.41. The fraction of sp³-hybridized carbons (Fsp3) is 0.556. The van der Waals surface area contributed by atoms with E-state index in [9.17, 15) is 4.79 Å². The molecule has 78 valence electrons. The van der Waals surface area contributed by atoms with Gasteiger partial charge in [-0.1, -0.05) is 6.92 Å². The van der Waals surface area contributed by atoms with Crippen LogP contribution in [0.25, 0.3) is 0 Å². The third-order valence-electron chi connectivity index (χ3n) is 1.90. The Bertz CT molecular complexity index is 348. The Morgan fingerprint density at radius 3 is 3.00 bits per heavy atom. The van der Waals surface area contributed by atoms with Gasteiger partial charge in [-0.2, -0.15) is 0 Å². The summed E-state index contributed by atoms with van der Waals surface area (Å²) in [6, 6.07) is 1.19. The zero-order chi connectivity index (χ0) is 10.6. The number of methoxy groups -OCH3 is 1. The number of hydrogen-bond donors (Lipinski definition) is 2. The van der Waals surface area contributed by atoms with Crippen LogP contribution in [-0.2, 0) is 11.3 Å². The Morgan fingerprint density at radius 2 is 2.43 bits per heavy atom. The molecule has 1 aromatic heterocycles. The smallest absolute Gasteiger partial charge is 0.251 e. The molecule has 0 spiro atoms. The van der Waals surface area contributed by atoms with E-state index in [2.05, 4.69) is 9.97 Å². The van der Waals surface area contributed by atoms with Gasteiger partial charge >= 0.3 is 0 Å². The molecule has 1 atom stereocenters. The van der Waals surface area contributed by atoms with Crippen molar-refractivity contribution in [3.05, 3.63) is 27.9 Å². The lowest BCUT2D eigenvalue weighted by Gasteiger charge is -2.08. The van der Waals surface area contributed by atoms with Gasteiger partial charge in [-0.05, 0) is 6.42 Å². The fourth-order valence-electron chi connectivity index (χ4n) is 1.12. The van der Waals surface area contributed by atoms with Gasteiger partial charge in [0.15, 0.2) is 0 Å². The topological polar surface area (TPSA) is 81.0 Å². The molecule has 0 radical (unpaired) electrons. The lowest BCUT2D eigenvalue weighted by Crippen LogP contribution is -2.20. The molecule has 1 unspecified atom stereocenters. The summed E-state index contributed by atoms with van der Waals surface area (Å²) in [6.07, 6.45) is 0.735. The van der Waals surface area contributed by atoms with Crippen LogP contribution < -0.4 is 11.3 Å². The van der Waals surface area contributed by atoms with Gasteiger partial charge in [0, 0.05) is 13.2 Å².